The number of hydrogen-bond donors (Lipinski definition) is 2. The van der Waals surface area contributed by atoms with Gasteiger partial charge in [0.05, 0.1) is 12.2 Å². The molecule has 2 atom stereocenters. The van der Waals surface area contributed by atoms with Crippen LogP contribution in [0, 0.1) is 5.92 Å². The van der Waals surface area contributed by atoms with Crippen molar-refractivity contribution in [2.45, 2.75) is 57.7 Å². The molecular weight excluding hydrogens is 152 g/mol. The lowest BCUT2D eigenvalue weighted by atomic mass is 10.0. The van der Waals surface area contributed by atoms with E-state index in [-0.39, 0.29) is 12.2 Å². The molecule has 2 nitrogen and oxygen atoms in total. The molecule has 0 aromatic carbocycles. The summed E-state index contributed by atoms with van der Waals surface area (Å²) in [5.41, 5.74) is 0. The molecule has 1 rings (SSSR count). The van der Waals surface area contributed by atoms with Crippen LogP contribution >= 0.6 is 0 Å². The maximum Gasteiger partial charge on any atom is 0.0593 e. The van der Waals surface area contributed by atoms with Crippen molar-refractivity contribution in [3.8, 4) is 0 Å². The standard InChI is InChI=1S/C10H20O2/c1-2-3-4-9(11)7-10(12)8-5-6-8/h8-12H,2-7H2,1H3. The van der Waals surface area contributed by atoms with E-state index in [1.54, 1.807) is 0 Å². The van der Waals surface area contributed by atoms with E-state index in [0.29, 0.717) is 12.3 Å². The Hall–Kier alpha value is -0.0800. The molecule has 1 fully saturated rings. The minimum atomic E-state index is -0.277. The van der Waals surface area contributed by atoms with E-state index in [1.807, 2.05) is 0 Å². The van der Waals surface area contributed by atoms with Gasteiger partial charge in [0.25, 0.3) is 0 Å². The smallest absolute Gasteiger partial charge is 0.0593 e. The average Bonchev–Trinajstić information content (AvgIpc) is 2.82. The van der Waals surface area contributed by atoms with Crippen molar-refractivity contribution in [3.05, 3.63) is 0 Å². The number of hydrogen-bond acceptors (Lipinski definition) is 2. The lowest BCUT2D eigenvalue weighted by Gasteiger charge is -2.14. The van der Waals surface area contributed by atoms with Gasteiger partial charge in [-0.2, -0.15) is 0 Å². The fraction of sp³-hybridized carbons (Fsp3) is 1.00. The third-order valence-electron chi connectivity index (χ3n) is 2.57. The van der Waals surface area contributed by atoms with Crippen molar-refractivity contribution in [2.75, 3.05) is 0 Å². The Balaban J connectivity index is 2.03. The molecule has 1 saturated carbocycles. The van der Waals surface area contributed by atoms with Crippen LogP contribution in [0.4, 0.5) is 0 Å². The highest BCUT2D eigenvalue weighted by Gasteiger charge is 2.30. The average molecular weight is 172 g/mol. The Kier molecular flexibility index (Phi) is 4.02. The summed E-state index contributed by atoms with van der Waals surface area (Å²) in [6, 6.07) is 0. The molecular formula is C10H20O2. The first-order valence-corrected chi connectivity index (χ1v) is 5.10. The lowest BCUT2D eigenvalue weighted by Crippen LogP contribution is -2.19. The molecule has 0 aromatic heterocycles. The van der Waals surface area contributed by atoms with Gasteiger partial charge in [0.1, 0.15) is 0 Å². The van der Waals surface area contributed by atoms with E-state index in [0.717, 1.165) is 32.1 Å². The van der Waals surface area contributed by atoms with Crippen molar-refractivity contribution >= 4 is 0 Å². The zero-order valence-electron chi connectivity index (χ0n) is 7.87. The fourth-order valence-electron chi connectivity index (χ4n) is 1.51. The van der Waals surface area contributed by atoms with Crippen LogP contribution in [0.3, 0.4) is 0 Å². The summed E-state index contributed by atoms with van der Waals surface area (Å²) in [7, 11) is 0. The van der Waals surface area contributed by atoms with Crippen LogP contribution in [-0.2, 0) is 0 Å². The molecule has 0 heterocycles. The van der Waals surface area contributed by atoms with Gasteiger partial charge in [-0.15, -0.1) is 0 Å². The number of unbranched alkanes of at least 4 members (excludes halogenated alkanes) is 1. The Bertz CT molecular complexity index is 121. The molecule has 1 aliphatic rings. The van der Waals surface area contributed by atoms with Gasteiger partial charge in [0.2, 0.25) is 0 Å². The zero-order valence-corrected chi connectivity index (χ0v) is 7.87. The monoisotopic (exact) mass is 172 g/mol. The van der Waals surface area contributed by atoms with Gasteiger partial charge >= 0.3 is 0 Å². The summed E-state index contributed by atoms with van der Waals surface area (Å²) in [5.74, 6) is 0.501. The van der Waals surface area contributed by atoms with E-state index < -0.39 is 0 Å². The predicted octanol–water partition coefficient (Wildman–Crippen LogP) is 1.70. The Labute approximate surface area is 74.6 Å². The molecule has 12 heavy (non-hydrogen) atoms. The Morgan fingerprint density at radius 2 is 2.00 bits per heavy atom. The zero-order chi connectivity index (χ0) is 8.97. The Morgan fingerprint density at radius 1 is 1.33 bits per heavy atom. The molecule has 2 heteroatoms. The molecule has 0 amide bonds. The van der Waals surface area contributed by atoms with Gasteiger partial charge < -0.3 is 10.2 Å². The third-order valence-corrected chi connectivity index (χ3v) is 2.57. The topological polar surface area (TPSA) is 40.5 Å². The SMILES string of the molecule is CCCCC(O)CC(O)C1CC1. The molecule has 2 N–H and O–H groups in total. The first-order valence-electron chi connectivity index (χ1n) is 5.10. The first-order chi connectivity index (χ1) is 5.74. The summed E-state index contributed by atoms with van der Waals surface area (Å²) in [5, 5.41) is 19.0. The van der Waals surface area contributed by atoms with Crippen molar-refractivity contribution in [1.82, 2.24) is 0 Å². The normalized spacial score (nSPS) is 22.2. The van der Waals surface area contributed by atoms with Gasteiger partial charge in [0, 0.05) is 0 Å². The molecule has 0 saturated heterocycles. The molecule has 0 aliphatic heterocycles. The largest absolute Gasteiger partial charge is 0.393 e. The van der Waals surface area contributed by atoms with Gasteiger partial charge in [-0.1, -0.05) is 19.8 Å². The number of aliphatic hydroxyl groups excluding tert-OH is 2. The van der Waals surface area contributed by atoms with Crippen LogP contribution < -0.4 is 0 Å². The summed E-state index contributed by atoms with van der Waals surface area (Å²) in [6.45, 7) is 2.12. The molecule has 0 spiro atoms. The minimum Gasteiger partial charge on any atom is -0.393 e. The van der Waals surface area contributed by atoms with Gasteiger partial charge in [0.15, 0.2) is 0 Å². The highest BCUT2D eigenvalue weighted by atomic mass is 16.3. The second kappa shape index (κ2) is 4.83. The maximum atomic E-state index is 9.50. The third kappa shape index (κ3) is 3.55. The van der Waals surface area contributed by atoms with Crippen LogP contribution in [0.1, 0.15) is 45.4 Å². The maximum absolute atomic E-state index is 9.50. The van der Waals surface area contributed by atoms with Crippen LogP contribution in [0.5, 0.6) is 0 Å². The summed E-state index contributed by atoms with van der Waals surface area (Å²) in [6.07, 6.45) is 5.42. The predicted molar refractivity (Wildman–Crippen MR) is 48.9 cm³/mol. The van der Waals surface area contributed by atoms with E-state index in [1.165, 1.54) is 0 Å². The lowest BCUT2D eigenvalue weighted by molar-refractivity contribution is 0.0626. The highest BCUT2D eigenvalue weighted by Crippen LogP contribution is 2.34. The second-order valence-corrected chi connectivity index (χ2v) is 3.94. The quantitative estimate of drug-likeness (QED) is 0.640. The fourth-order valence-corrected chi connectivity index (χ4v) is 1.51. The van der Waals surface area contributed by atoms with Crippen LogP contribution in [0.15, 0.2) is 0 Å². The van der Waals surface area contributed by atoms with E-state index >= 15 is 0 Å². The first kappa shape index (κ1) is 10.0. The molecule has 0 radical (unpaired) electrons. The minimum absolute atomic E-state index is 0.239. The second-order valence-electron chi connectivity index (χ2n) is 3.94. The summed E-state index contributed by atoms with van der Waals surface area (Å²) in [4.78, 5) is 0. The van der Waals surface area contributed by atoms with Crippen molar-refractivity contribution in [3.63, 3.8) is 0 Å². The van der Waals surface area contributed by atoms with Crippen molar-refractivity contribution in [1.29, 1.82) is 0 Å². The molecule has 0 bridgehead atoms. The summed E-state index contributed by atoms with van der Waals surface area (Å²) >= 11 is 0. The molecule has 0 aromatic rings. The van der Waals surface area contributed by atoms with E-state index in [4.69, 9.17) is 0 Å². The molecule has 72 valence electrons. The van der Waals surface area contributed by atoms with Crippen LogP contribution in [0.2, 0.25) is 0 Å². The highest BCUT2D eigenvalue weighted by molar-refractivity contribution is 4.82. The molecule has 2 unspecified atom stereocenters. The van der Waals surface area contributed by atoms with Gasteiger partial charge in [-0.25, -0.2) is 0 Å². The van der Waals surface area contributed by atoms with E-state index in [2.05, 4.69) is 6.92 Å². The summed E-state index contributed by atoms with van der Waals surface area (Å²) < 4.78 is 0. The van der Waals surface area contributed by atoms with E-state index in [9.17, 15) is 10.2 Å². The van der Waals surface area contributed by atoms with Gasteiger partial charge in [-0.3, -0.25) is 0 Å². The number of aliphatic hydroxyl groups is 2. The Morgan fingerprint density at radius 3 is 2.50 bits per heavy atom. The van der Waals surface area contributed by atoms with Gasteiger partial charge in [-0.05, 0) is 31.6 Å². The van der Waals surface area contributed by atoms with Crippen molar-refractivity contribution in [2.24, 2.45) is 5.92 Å². The molecule has 1 aliphatic carbocycles. The van der Waals surface area contributed by atoms with Crippen LogP contribution in [-0.4, -0.2) is 22.4 Å². The van der Waals surface area contributed by atoms with Crippen LogP contribution in [0.25, 0.3) is 0 Å². The van der Waals surface area contributed by atoms with Crippen molar-refractivity contribution < 1.29 is 10.2 Å². The number of rotatable bonds is 6.